The second-order valence-electron chi connectivity index (χ2n) is 7.31. The molecule has 0 radical (unpaired) electrons. The summed E-state index contributed by atoms with van der Waals surface area (Å²) in [4.78, 5) is 0. The summed E-state index contributed by atoms with van der Waals surface area (Å²) in [5.74, 6) is -6.32. The first-order valence-corrected chi connectivity index (χ1v) is 10.1. The minimum atomic E-state index is -4.72. The van der Waals surface area contributed by atoms with Crippen molar-refractivity contribution in [2.24, 2.45) is 0 Å². The highest BCUT2D eigenvalue weighted by molar-refractivity contribution is 5.46. The van der Waals surface area contributed by atoms with Crippen molar-refractivity contribution in [1.29, 1.82) is 0 Å². The van der Waals surface area contributed by atoms with Gasteiger partial charge in [0, 0.05) is 17.7 Å². The lowest BCUT2D eigenvalue weighted by Gasteiger charge is -2.19. The topological polar surface area (TPSA) is 9.23 Å². The van der Waals surface area contributed by atoms with Crippen LogP contribution in [0.1, 0.15) is 35.6 Å². The maximum absolute atomic E-state index is 14.4. The third kappa shape index (κ3) is 6.21. The third-order valence-electron chi connectivity index (χ3n) is 4.75. The fourth-order valence-electron chi connectivity index (χ4n) is 3.09. The van der Waals surface area contributed by atoms with E-state index in [2.05, 4.69) is 16.6 Å². The molecule has 3 aromatic rings. The Balaban J connectivity index is 1.85. The molecule has 0 aliphatic rings. The molecule has 35 heavy (non-hydrogen) atoms. The number of halogens is 8. The minimum Gasteiger partial charge on any atom is -0.429 e. The van der Waals surface area contributed by atoms with E-state index in [0.29, 0.717) is 25.0 Å². The average Bonchev–Trinajstić information content (AvgIpc) is 2.76. The van der Waals surface area contributed by atoms with Crippen LogP contribution in [-0.4, -0.2) is 0 Å². The molecule has 3 rings (SSSR count). The molecule has 0 amide bonds. The number of aryl methyl sites for hydroxylation is 1. The number of rotatable bonds is 6. The molecule has 0 N–H and O–H groups in total. The summed E-state index contributed by atoms with van der Waals surface area (Å²) < 4.78 is 115. The zero-order chi connectivity index (χ0) is 25.8. The maximum Gasteiger partial charge on any atom is 0.432 e. The molecule has 0 bridgehead atoms. The van der Waals surface area contributed by atoms with E-state index in [9.17, 15) is 35.1 Å². The van der Waals surface area contributed by atoms with Gasteiger partial charge in [-0.05, 0) is 49.6 Å². The van der Waals surface area contributed by atoms with E-state index >= 15 is 0 Å². The van der Waals surface area contributed by atoms with Crippen LogP contribution in [0.25, 0.3) is 0 Å². The SMILES string of the molecule is C/C=C/CCc1ccc(C#Cc2cc(F)c(C(F)(F)Oc3cc(F)c(F)c(F)c3)c(F)c2)c(F)c1. The Morgan fingerprint density at radius 1 is 0.800 bits per heavy atom. The standard InChI is InChI=1S/C26H16F8O/c1-2-3-4-5-15-6-8-17(19(27)10-15)9-7-16-11-20(28)24(21(29)12-16)26(33,34)35-18-13-22(30)25(32)23(31)14-18/h2-3,6,8,10-14H,4-5H2,1H3/b3-2+. The van der Waals surface area contributed by atoms with Crippen molar-refractivity contribution in [1.82, 2.24) is 0 Å². The molecule has 0 atom stereocenters. The molecular weight excluding hydrogens is 480 g/mol. The number of allylic oxidation sites excluding steroid dienone is 2. The van der Waals surface area contributed by atoms with Crippen molar-refractivity contribution in [3.8, 4) is 17.6 Å². The zero-order valence-electron chi connectivity index (χ0n) is 18.0. The van der Waals surface area contributed by atoms with Gasteiger partial charge in [-0.2, -0.15) is 8.78 Å². The summed E-state index contributed by atoms with van der Waals surface area (Å²) in [5, 5.41) is 0. The predicted octanol–water partition coefficient (Wildman–Crippen LogP) is 7.56. The van der Waals surface area contributed by atoms with Gasteiger partial charge in [-0.1, -0.05) is 30.1 Å². The molecule has 0 fully saturated rings. The highest BCUT2D eigenvalue weighted by Gasteiger charge is 2.41. The fraction of sp³-hybridized carbons (Fsp3) is 0.154. The van der Waals surface area contributed by atoms with Crippen molar-refractivity contribution in [3.05, 3.63) is 112 Å². The molecular formula is C26H16F8O. The normalized spacial score (nSPS) is 11.5. The molecule has 0 saturated carbocycles. The fourth-order valence-corrected chi connectivity index (χ4v) is 3.09. The average molecular weight is 496 g/mol. The van der Waals surface area contributed by atoms with Gasteiger partial charge in [-0.3, -0.25) is 0 Å². The Bertz CT molecular complexity index is 1290. The quantitative estimate of drug-likeness (QED) is 0.148. The smallest absolute Gasteiger partial charge is 0.429 e. The second kappa shape index (κ2) is 10.6. The second-order valence-corrected chi connectivity index (χ2v) is 7.31. The highest BCUT2D eigenvalue weighted by atomic mass is 19.3. The minimum absolute atomic E-state index is 0.0706. The van der Waals surface area contributed by atoms with Crippen molar-refractivity contribution in [2.75, 3.05) is 0 Å². The molecule has 0 saturated heterocycles. The Hall–Kier alpha value is -3.80. The van der Waals surface area contributed by atoms with Gasteiger partial charge in [0.2, 0.25) is 0 Å². The Kier molecular flexibility index (Phi) is 7.85. The summed E-state index contributed by atoms with van der Waals surface area (Å²) in [5.41, 5.74) is -1.59. The number of benzene rings is 3. The number of ether oxygens (including phenoxy) is 1. The van der Waals surface area contributed by atoms with Gasteiger partial charge in [0.15, 0.2) is 17.5 Å². The van der Waals surface area contributed by atoms with Crippen LogP contribution < -0.4 is 4.74 Å². The van der Waals surface area contributed by atoms with Crippen LogP contribution in [0.5, 0.6) is 5.75 Å². The van der Waals surface area contributed by atoms with Crippen molar-refractivity contribution < 1.29 is 39.9 Å². The Morgan fingerprint density at radius 3 is 2.00 bits per heavy atom. The van der Waals surface area contributed by atoms with Gasteiger partial charge in [-0.15, -0.1) is 0 Å². The maximum atomic E-state index is 14.4. The number of alkyl halides is 2. The van der Waals surface area contributed by atoms with Crippen LogP contribution in [0.15, 0.2) is 54.6 Å². The van der Waals surface area contributed by atoms with Crippen LogP contribution in [0.3, 0.4) is 0 Å². The molecule has 3 aromatic carbocycles. The van der Waals surface area contributed by atoms with Crippen molar-refractivity contribution in [3.63, 3.8) is 0 Å². The Morgan fingerprint density at radius 2 is 1.43 bits per heavy atom. The lowest BCUT2D eigenvalue weighted by atomic mass is 10.1. The molecule has 0 aliphatic heterocycles. The molecule has 1 nitrogen and oxygen atoms in total. The van der Waals surface area contributed by atoms with E-state index in [1.807, 2.05) is 19.1 Å². The van der Waals surface area contributed by atoms with E-state index in [1.54, 1.807) is 6.07 Å². The summed E-state index contributed by atoms with van der Waals surface area (Å²) in [6.45, 7) is 1.86. The predicted molar refractivity (Wildman–Crippen MR) is 113 cm³/mol. The lowest BCUT2D eigenvalue weighted by Crippen LogP contribution is -2.25. The largest absolute Gasteiger partial charge is 0.432 e. The first-order valence-electron chi connectivity index (χ1n) is 10.1. The summed E-state index contributed by atoms with van der Waals surface area (Å²) in [6, 6.07) is 5.44. The van der Waals surface area contributed by atoms with Gasteiger partial charge in [0.25, 0.3) is 0 Å². The van der Waals surface area contributed by atoms with E-state index in [-0.39, 0.29) is 23.3 Å². The van der Waals surface area contributed by atoms with Crippen LogP contribution in [0.2, 0.25) is 0 Å². The van der Waals surface area contributed by atoms with Gasteiger partial charge < -0.3 is 4.74 Å². The summed E-state index contributed by atoms with van der Waals surface area (Å²) in [7, 11) is 0. The van der Waals surface area contributed by atoms with Gasteiger partial charge >= 0.3 is 6.11 Å². The summed E-state index contributed by atoms with van der Waals surface area (Å²) >= 11 is 0. The van der Waals surface area contributed by atoms with Crippen LogP contribution >= 0.6 is 0 Å². The van der Waals surface area contributed by atoms with Gasteiger partial charge in [-0.25, -0.2) is 26.3 Å². The first kappa shape index (κ1) is 25.8. The molecule has 0 heterocycles. The van der Waals surface area contributed by atoms with Crippen molar-refractivity contribution >= 4 is 0 Å². The van der Waals surface area contributed by atoms with Crippen molar-refractivity contribution in [2.45, 2.75) is 25.9 Å². The third-order valence-corrected chi connectivity index (χ3v) is 4.75. The van der Waals surface area contributed by atoms with Crippen LogP contribution in [0, 0.1) is 46.7 Å². The van der Waals surface area contributed by atoms with Gasteiger partial charge in [0.1, 0.15) is 28.8 Å². The lowest BCUT2D eigenvalue weighted by molar-refractivity contribution is -0.189. The van der Waals surface area contributed by atoms with E-state index < -0.39 is 52.3 Å². The van der Waals surface area contributed by atoms with Gasteiger partial charge in [0.05, 0.1) is 5.56 Å². The Labute approximate surface area is 195 Å². The zero-order valence-corrected chi connectivity index (χ0v) is 18.0. The molecule has 0 aromatic heterocycles. The number of hydrogen-bond donors (Lipinski definition) is 0. The molecule has 9 heteroatoms. The highest BCUT2D eigenvalue weighted by Crippen LogP contribution is 2.36. The van der Waals surface area contributed by atoms with E-state index in [4.69, 9.17) is 0 Å². The molecule has 0 unspecified atom stereocenters. The van der Waals surface area contributed by atoms with Crippen LogP contribution in [0.4, 0.5) is 35.1 Å². The monoisotopic (exact) mass is 496 g/mol. The molecule has 0 spiro atoms. The first-order chi connectivity index (χ1) is 16.5. The van der Waals surface area contributed by atoms with E-state index in [1.165, 1.54) is 12.1 Å². The number of hydrogen-bond acceptors (Lipinski definition) is 1. The van der Waals surface area contributed by atoms with E-state index in [0.717, 1.165) is 5.56 Å². The molecule has 0 aliphatic carbocycles. The van der Waals surface area contributed by atoms with Crippen LogP contribution in [-0.2, 0) is 12.5 Å². The molecule has 182 valence electrons. The summed E-state index contributed by atoms with van der Waals surface area (Å²) in [6.07, 6.45) is 0.380.